The molecule has 0 bridgehead atoms. The molecule has 1 aromatic heterocycles. The van der Waals surface area contributed by atoms with E-state index in [2.05, 4.69) is 23.7 Å². The molecule has 1 aliphatic rings. The molecule has 1 fully saturated rings. The Morgan fingerprint density at radius 2 is 2.06 bits per heavy atom. The van der Waals surface area contributed by atoms with E-state index in [4.69, 9.17) is 9.47 Å². The minimum atomic E-state index is -0.253. The van der Waals surface area contributed by atoms with E-state index in [-0.39, 0.29) is 12.0 Å². The molecule has 170 valence electrons. The number of fused-ring (bicyclic) bond motifs is 1. The van der Waals surface area contributed by atoms with Crippen LogP contribution < -0.4 is 4.74 Å². The first-order valence-corrected chi connectivity index (χ1v) is 11.4. The number of ether oxygens (including phenoxy) is 2. The molecule has 2 atom stereocenters. The lowest BCUT2D eigenvalue weighted by atomic mass is 9.83. The Hall–Kier alpha value is -3.60. The van der Waals surface area contributed by atoms with Crippen molar-refractivity contribution in [2.75, 3.05) is 20.2 Å². The number of pyridine rings is 1. The van der Waals surface area contributed by atoms with Gasteiger partial charge in [-0.15, -0.1) is 6.58 Å². The lowest BCUT2D eigenvalue weighted by Gasteiger charge is -2.36. The highest BCUT2D eigenvalue weighted by molar-refractivity contribution is 5.88. The summed E-state index contributed by atoms with van der Waals surface area (Å²) in [5.74, 6) is 1.50. The monoisotopic (exact) mass is 442 g/mol. The molecule has 2 heterocycles. The van der Waals surface area contributed by atoms with E-state index in [1.54, 1.807) is 12.0 Å². The quantitative estimate of drug-likeness (QED) is 0.415. The molecule has 5 nitrogen and oxygen atoms in total. The number of methoxy groups -OCH3 is 1. The second kappa shape index (κ2) is 10.8. The Balaban J connectivity index is 1.35. The fourth-order valence-corrected chi connectivity index (χ4v) is 4.36. The van der Waals surface area contributed by atoms with Crippen molar-refractivity contribution in [1.82, 2.24) is 9.88 Å². The molecule has 33 heavy (non-hydrogen) atoms. The van der Waals surface area contributed by atoms with Crippen molar-refractivity contribution in [3.63, 3.8) is 0 Å². The molecule has 0 unspecified atom stereocenters. The topological polar surface area (TPSA) is 51.7 Å². The molecule has 5 heteroatoms. The number of carbonyl (C=O) groups is 1. The number of likely N-dealkylation sites (tertiary alicyclic amines) is 1. The van der Waals surface area contributed by atoms with Gasteiger partial charge >= 0.3 is 6.09 Å². The smallest absolute Gasteiger partial charge is 0.410 e. The first-order valence-electron chi connectivity index (χ1n) is 11.4. The molecule has 0 aliphatic carbocycles. The van der Waals surface area contributed by atoms with Crippen LogP contribution in [0, 0.1) is 11.8 Å². The van der Waals surface area contributed by atoms with Crippen LogP contribution in [0.3, 0.4) is 0 Å². The number of benzene rings is 2. The summed E-state index contributed by atoms with van der Waals surface area (Å²) in [5, 5.41) is 1.07. The van der Waals surface area contributed by atoms with Crippen molar-refractivity contribution in [2.45, 2.75) is 19.4 Å². The molecular weight excluding hydrogens is 412 g/mol. The Morgan fingerprint density at radius 3 is 2.85 bits per heavy atom. The molecule has 1 saturated heterocycles. The molecule has 1 amide bonds. The van der Waals surface area contributed by atoms with E-state index in [1.165, 1.54) is 0 Å². The van der Waals surface area contributed by atoms with E-state index in [9.17, 15) is 4.79 Å². The van der Waals surface area contributed by atoms with E-state index in [0.717, 1.165) is 40.6 Å². The van der Waals surface area contributed by atoms with Gasteiger partial charge in [-0.2, -0.15) is 0 Å². The molecular formula is C28H30N2O3. The molecule has 4 rings (SSSR count). The summed E-state index contributed by atoms with van der Waals surface area (Å²) in [6.07, 6.45) is 9.78. The first-order chi connectivity index (χ1) is 16.2. The van der Waals surface area contributed by atoms with Crippen LogP contribution in [0.25, 0.3) is 17.0 Å². The number of carbonyl (C=O) groups excluding carboxylic acids is 1. The molecule has 0 N–H and O–H groups in total. The summed E-state index contributed by atoms with van der Waals surface area (Å²) in [4.78, 5) is 18.8. The zero-order chi connectivity index (χ0) is 23.0. The highest BCUT2D eigenvalue weighted by Crippen LogP contribution is 2.29. The van der Waals surface area contributed by atoms with Gasteiger partial charge < -0.3 is 14.4 Å². The number of amides is 1. The third-order valence-corrected chi connectivity index (χ3v) is 6.29. The zero-order valence-electron chi connectivity index (χ0n) is 19.0. The van der Waals surface area contributed by atoms with Crippen LogP contribution in [-0.4, -0.2) is 36.2 Å². The minimum absolute atomic E-state index is 0.238. The molecule has 3 aromatic rings. The van der Waals surface area contributed by atoms with Crippen molar-refractivity contribution >= 4 is 23.1 Å². The second-order valence-corrected chi connectivity index (χ2v) is 8.36. The average molecular weight is 443 g/mol. The number of allylic oxidation sites excluding steroid dienone is 1. The van der Waals surface area contributed by atoms with E-state index >= 15 is 0 Å². The van der Waals surface area contributed by atoms with Crippen LogP contribution in [0.2, 0.25) is 0 Å². The van der Waals surface area contributed by atoms with Gasteiger partial charge in [-0.05, 0) is 60.1 Å². The lowest BCUT2D eigenvalue weighted by Crippen LogP contribution is -2.43. The van der Waals surface area contributed by atoms with Gasteiger partial charge in [0.05, 0.1) is 12.6 Å². The van der Waals surface area contributed by atoms with Crippen molar-refractivity contribution in [3.05, 3.63) is 90.7 Å². The third kappa shape index (κ3) is 5.61. The van der Waals surface area contributed by atoms with Crippen molar-refractivity contribution in [3.8, 4) is 5.75 Å². The maximum Gasteiger partial charge on any atom is 0.410 e. The summed E-state index contributed by atoms with van der Waals surface area (Å²) in [6, 6.07) is 17.7. The molecule has 1 aliphatic heterocycles. The van der Waals surface area contributed by atoms with Crippen LogP contribution in [0.4, 0.5) is 4.79 Å². The average Bonchev–Trinajstić information content (AvgIpc) is 2.87. The van der Waals surface area contributed by atoms with E-state index in [0.29, 0.717) is 25.6 Å². The Morgan fingerprint density at radius 1 is 1.21 bits per heavy atom. The number of aromatic nitrogens is 1. The van der Waals surface area contributed by atoms with Crippen LogP contribution >= 0.6 is 0 Å². The number of piperidine rings is 1. The normalized spacial score (nSPS) is 18.4. The number of rotatable bonds is 7. The van der Waals surface area contributed by atoms with Crippen LogP contribution in [-0.2, 0) is 11.3 Å². The molecule has 2 aromatic carbocycles. The molecule has 0 spiro atoms. The summed E-state index contributed by atoms with van der Waals surface area (Å²) in [5.41, 5.74) is 3.06. The SMILES string of the molecule is C=C[C@H]1CN(C(=O)OCc2ccccc2)CC[C@H]1C/C=C/c1ccnc2ccc(OC)cc12. The zero-order valence-corrected chi connectivity index (χ0v) is 19.0. The summed E-state index contributed by atoms with van der Waals surface area (Å²) < 4.78 is 10.9. The van der Waals surface area contributed by atoms with Gasteiger partial charge in [-0.1, -0.05) is 48.6 Å². The van der Waals surface area contributed by atoms with E-state index in [1.807, 2.05) is 66.9 Å². The van der Waals surface area contributed by atoms with Crippen LogP contribution in [0.15, 0.2) is 79.5 Å². The lowest BCUT2D eigenvalue weighted by molar-refractivity contribution is 0.0726. The predicted molar refractivity (Wildman–Crippen MR) is 132 cm³/mol. The van der Waals surface area contributed by atoms with Crippen LogP contribution in [0.1, 0.15) is 24.0 Å². The van der Waals surface area contributed by atoms with Crippen molar-refractivity contribution in [2.24, 2.45) is 11.8 Å². The highest BCUT2D eigenvalue weighted by atomic mass is 16.6. The van der Waals surface area contributed by atoms with Gasteiger partial charge in [0.15, 0.2) is 0 Å². The summed E-state index contributed by atoms with van der Waals surface area (Å²) in [6.45, 7) is 5.66. The number of hydrogen-bond acceptors (Lipinski definition) is 4. The fourth-order valence-electron chi connectivity index (χ4n) is 4.36. The van der Waals surface area contributed by atoms with Gasteiger partial charge in [0.1, 0.15) is 12.4 Å². The van der Waals surface area contributed by atoms with Gasteiger partial charge in [0.25, 0.3) is 0 Å². The Labute approximate surface area is 195 Å². The highest BCUT2D eigenvalue weighted by Gasteiger charge is 2.29. The molecule has 0 radical (unpaired) electrons. The van der Waals surface area contributed by atoms with Crippen LogP contribution in [0.5, 0.6) is 5.75 Å². The standard InChI is InChI=1S/C28H30N2O3/c1-3-22-19-30(28(31)33-20-21-8-5-4-6-9-21)17-15-23(22)10-7-11-24-14-16-29-27-13-12-25(32-2)18-26(24)27/h3-9,11-14,16,18,22-23H,1,10,15,17,19-20H2,2H3/b11-7+/t22-,23+/m0/s1. The maximum absolute atomic E-state index is 12.6. The minimum Gasteiger partial charge on any atom is -0.497 e. The van der Waals surface area contributed by atoms with E-state index < -0.39 is 0 Å². The fraction of sp³-hybridized carbons (Fsp3) is 0.286. The summed E-state index contributed by atoms with van der Waals surface area (Å²) in [7, 11) is 1.67. The van der Waals surface area contributed by atoms with Gasteiger partial charge in [0, 0.05) is 24.7 Å². The maximum atomic E-state index is 12.6. The van der Waals surface area contributed by atoms with Crippen molar-refractivity contribution in [1.29, 1.82) is 0 Å². The Kier molecular flexibility index (Phi) is 7.40. The second-order valence-electron chi connectivity index (χ2n) is 8.36. The van der Waals surface area contributed by atoms with Gasteiger partial charge in [-0.25, -0.2) is 4.79 Å². The third-order valence-electron chi connectivity index (χ3n) is 6.29. The number of nitrogens with zero attached hydrogens (tertiary/aromatic N) is 2. The summed E-state index contributed by atoms with van der Waals surface area (Å²) >= 11 is 0. The van der Waals surface area contributed by atoms with Gasteiger partial charge in [-0.3, -0.25) is 4.98 Å². The number of hydrogen-bond donors (Lipinski definition) is 0. The largest absolute Gasteiger partial charge is 0.497 e. The Bertz CT molecular complexity index is 1130. The first kappa shape index (κ1) is 22.6. The van der Waals surface area contributed by atoms with Gasteiger partial charge in [0.2, 0.25) is 0 Å². The molecule has 0 saturated carbocycles. The van der Waals surface area contributed by atoms with Crippen molar-refractivity contribution < 1.29 is 14.3 Å². The predicted octanol–water partition coefficient (Wildman–Crippen LogP) is 6.11.